The number of nitrogens with one attached hydrogen (secondary N) is 1. The first kappa shape index (κ1) is 15.0. The molecule has 0 bridgehead atoms. The molecule has 1 aromatic rings. The van der Waals surface area contributed by atoms with Crippen LogP contribution in [0.5, 0.6) is 5.75 Å². The molecule has 0 heterocycles. The number of carboxylic acid groups (broad SMARTS) is 1. The molecule has 2 N–H and O–H groups in total. The zero-order valence-corrected chi connectivity index (χ0v) is 11.4. The van der Waals surface area contributed by atoms with Gasteiger partial charge in [0.15, 0.2) is 0 Å². The molecule has 1 aromatic carbocycles. The van der Waals surface area contributed by atoms with Crippen LogP contribution in [0.3, 0.4) is 0 Å². The summed E-state index contributed by atoms with van der Waals surface area (Å²) in [6.45, 7) is 3.63. The lowest BCUT2D eigenvalue weighted by molar-refractivity contribution is -0.137. The van der Waals surface area contributed by atoms with Gasteiger partial charge in [-0.1, -0.05) is 12.1 Å². The van der Waals surface area contributed by atoms with Crippen LogP contribution in [0, 0.1) is 6.92 Å². The molecule has 0 fully saturated rings. The van der Waals surface area contributed by atoms with Gasteiger partial charge in [-0.15, -0.1) is 0 Å². The Hall–Kier alpha value is -2.04. The molecule has 19 heavy (non-hydrogen) atoms. The fourth-order valence-electron chi connectivity index (χ4n) is 1.94. The quantitative estimate of drug-likeness (QED) is 0.820. The van der Waals surface area contributed by atoms with E-state index in [-0.39, 0.29) is 18.2 Å². The molecule has 5 heteroatoms. The first-order valence-electron chi connectivity index (χ1n) is 6.04. The molecular weight excluding hydrogens is 246 g/mol. The van der Waals surface area contributed by atoms with E-state index in [1.54, 1.807) is 7.11 Å². The standard InChI is InChI=1S/C14H19NO4/c1-9-6-11(4-5-13(9)19-3)12(7-14(17)18)8-15-10(2)16/h4-6,12H,7-8H2,1-3H3,(H,15,16)(H,17,18). The Morgan fingerprint density at radius 2 is 2.11 bits per heavy atom. The van der Waals surface area contributed by atoms with Crippen molar-refractivity contribution in [2.24, 2.45) is 0 Å². The highest BCUT2D eigenvalue weighted by Gasteiger charge is 2.17. The van der Waals surface area contributed by atoms with Gasteiger partial charge in [0.05, 0.1) is 13.5 Å². The maximum Gasteiger partial charge on any atom is 0.304 e. The Morgan fingerprint density at radius 3 is 2.58 bits per heavy atom. The Bertz CT molecular complexity index is 471. The molecule has 1 atom stereocenters. The van der Waals surface area contributed by atoms with Crippen LogP contribution in [0.1, 0.15) is 30.4 Å². The van der Waals surface area contributed by atoms with Gasteiger partial charge in [-0.05, 0) is 24.1 Å². The number of hydrogen-bond acceptors (Lipinski definition) is 3. The van der Waals surface area contributed by atoms with Gasteiger partial charge in [0.25, 0.3) is 0 Å². The van der Waals surface area contributed by atoms with Gasteiger partial charge in [-0.2, -0.15) is 0 Å². The van der Waals surface area contributed by atoms with E-state index in [2.05, 4.69) is 5.32 Å². The number of methoxy groups -OCH3 is 1. The van der Waals surface area contributed by atoms with Crippen molar-refractivity contribution in [2.45, 2.75) is 26.2 Å². The topological polar surface area (TPSA) is 75.6 Å². The second kappa shape index (κ2) is 6.78. The third-order valence-corrected chi connectivity index (χ3v) is 2.91. The maximum atomic E-state index is 11.0. The highest BCUT2D eigenvalue weighted by molar-refractivity contribution is 5.73. The molecule has 1 rings (SSSR count). The number of ether oxygens (including phenoxy) is 1. The third kappa shape index (κ3) is 4.62. The average molecular weight is 265 g/mol. The summed E-state index contributed by atoms with van der Waals surface area (Å²) in [5, 5.41) is 11.6. The molecular formula is C14H19NO4. The summed E-state index contributed by atoms with van der Waals surface area (Å²) in [6, 6.07) is 5.54. The van der Waals surface area contributed by atoms with Crippen LogP contribution in [0.25, 0.3) is 0 Å². The first-order valence-corrected chi connectivity index (χ1v) is 6.04. The van der Waals surface area contributed by atoms with Crippen LogP contribution in [0.15, 0.2) is 18.2 Å². The fourth-order valence-corrected chi connectivity index (χ4v) is 1.94. The van der Waals surface area contributed by atoms with Crippen molar-refractivity contribution in [2.75, 3.05) is 13.7 Å². The van der Waals surface area contributed by atoms with Gasteiger partial charge in [-0.25, -0.2) is 0 Å². The summed E-state index contributed by atoms with van der Waals surface area (Å²) in [6.07, 6.45) is -0.0218. The highest BCUT2D eigenvalue weighted by atomic mass is 16.5. The molecule has 1 unspecified atom stereocenters. The van der Waals surface area contributed by atoms with Crippen molar-refractivity contribution in [1.82, 2.24) is 5.32 Å². The van der Waals surface area contributed by atoms with Gasteiger partial charge >= 0.3 is 5.97 Å². The Labute approximate surface area is 112 Å². The zero-order chi connectivity index (χ0) is 14.4. The van der Waals surface area contributed by atoms with Crippen LogP contribution in [0.2, 0.25) is 0 Å². The lowest BCUT2D eigenvalue weighted by Crippen LogP contribution is -2.27. The van der Waals surface area contributed by atoms with Crippen LogP contribution >= 0.6 is 0 Å². The summed E-state index contributed by atoms with van der Waals surface area (Å²) in [4.78, 5) is 21.9. The number of carbonyl (C=O) groups is 2. The Kier molecular flexibility index (Phi) is 5.36. The molecule has 0 spiro atoms. The van der Waals surface area contributed by atoms with E-state index in [1.165, 1.54) is 6.92 Å². The molecule has 104 valence electrons. The number of rotatable bonds is 6. The van der Waals surface area contributed by atoms with Gasteiger partial charge in [0.2, 0.25) is 5.91 Å². The molecule has 5 nitrogen and oxygen atoms in total. The minimum absolute atomic E-state index is 0.0218. The van der Waals surface area contributed by atoms with E-state index in [9.17, 15) is 9.59 Å². The van der Waals surface area contributed by atoms with Gasteiger partial charge in [0, 0.05) is 19.4 Å². The SMILES string of the molecule is COc1ccc(C(CNC(C)=O)CC(=O)O)cc1C. The minimum atomic E-state index is -0.885. The van der Waals surface area contributed by atoms with Crippen molar-refractivity contribution < 1.29 is 19.4 Å². The summed E-state index contributed by atoms with van der Waals surface area (Å²) in [5.41, 5.74) is 1.83. The number of hydrogen-bond donors (Lipinski definition) is 2. The number of carboxylic acids is 1. The smallest absolute Gasteiger partial charge is 0.304 e. The lowest BCUT2D eigenvalue weighted by Gasteiger charge is -2.17. The molecule has 0 aliphatic heterocycles. The van der Waals surface area contributed by atoms with Crippen LogP contribution in [0.4, 0.5) is 0 Å². The van der Waals surface area contributed by atoms with Crippen LogP contribution < -0.4 is 10.1 Å². The second-order valence-corrected chi connectivity index (χ2v) is 4.46. The number of carbonyl (C=O) groups excluding carboxylic acids is 1. The largest absolute Gasteiger partial charge is 0.496 e. The number of aliphatic carboxylic acids is 1. The Morgan fingerprint density at radius 1 is 1.42 bits per heavy atom. The monoisotopic (exact) mass is 265 g/mol. The van der Waals surface area contributed by atoms with E-state index in [0.29, 0.717) is 6.54 Å². The lowest BCUT2D eigenvalue weighted by atomic mass is 9.94. The van der Waals surface area contributed by atoms with Crippen molar-refractivity contribution in [3.63, 3.8) is 0 Å². The van der Waals surface area contributed by atoms with Crippen LogP contribution in [-0.4, -0.2) is 30.6 Å². The molecule has 0 saturated heterocycles. The maximum absolute atomic E-state index is 11.0. The van der Waals surface area contributed by atoms with Gasteiger partial charge in [-0.3, -0.25) is 9.59 Å². The first-order chi connectivity index (χ1) is 8.93. The molecule has 0 aliphatic carbocycles. The molecule has 0 saturated carbocycles. The van der Waals surface area contributed by atoms with Crippen LogP contribution in [-0.2, 0) is 9.59 Å². The summed E-state index contributed by atoms with van der Waals surface area (Å²) >= 11 is 0. The van der Waals surface area contributed by atoms with E-state index >= 15 is 0 Å². The van der Waals surface area contributed by atoms with Crippen molar-refractivity contribution in [3.05, 3.63) is 29.3 Å². The predicted octanol–water partition coefficient (Wildman–Crippen LogP) is 1.70. The van der Waals surface area contributed by atoms with Gasteiger partial charge < -0.3 is 15.2 Å². The van der Waals surface area contributed by atoms with Crippen molar-refractivity contribution in [3.8, 4) is 5.75 Å². The van der Waals surface area contributed by atoms with E-state index in [4.69, 9.17) is 9.84 Å². The van der Waals surface area contributed by atoms with Crippen molar-refractivity contribution in [1.29, 1.82) is 0 Å². The molecule has 1 amide bonds. The van der Waals surface area contributed by atoms with E-state index in [1.807, 2.05) is 25.1 Å². The average Bonchev–Trinajstić information content (AvgIpc) is 2.33. The fraction of sp³-hybridized carbons (Fsp3) is 0.429. The number of benzene rings is 1. The van der Waals surface area contributed by atoms with E-state index < -0.39 is 5.97 Å². The van der Waals surface area contributed by atoms with Crippen molar-refractivity contribution >= 4 is 11.9 Å². The normalized spacial score (nSPS) is 11.7. The minimum Gasteiger partial charge on any atom is -0.496 e. The highest BCUT2D eigenvalue weighted by Crippen LogP contribution is 2.25. The summed E-state index contributed by atoms with van der Waals surface area (Å²) in [7, 11) is 1.59. The third-order valence-electron chi connectivity index (χ3n) is 2.91. The summed E-state index contributed by atoms with van der Waals surface area (Å²) in [5.74, 6) is -0.534. The predicted molar refractivity (Wildman–Crippen MR) is 71.4 cm³/mol. The van der Waals surface area contributed by atoms with E-state index in [0.717, 1.165) is 16.9 Å². The Balaban J connectivity index is 2.92. The number of amides is 1. The second-order valence-electron chi connectivity index (χ2n) is 4.46. The molecule has 0 aromatic heterocycles. The molecule has 0 aliphatic rings. The summed E-state index contributed by atoms with van der Waals surface area (Å²) < 4.78 is 5.17. The van der Waals surface area contributed by atoms with Gasteiger partial charge in [0.1, 0.15) is 5.75 Å². The molecule has 0 radical (unpaired) electrons. The zero-order valence-electron chi connectivity index (χ0n) is 11.4. The number of aryl methyl sites for hydroxylation is 1.